The molecule has 0 bridgehead atoms. The second-order valence-corrected chi connectivity index (χ2v) is 6.92. The molecule has 0 saturated heterocycles. The van der Waals surface area contributed by atoms with Gasteiger partial charge in [-0.1, -0.05) is 26.8 Å². The van der Waals surface area contributed by atoms with E-state index in [0.29, 0.717) is 0 Å². The number of hydrogen-bond acceptors (Lipinski definition) is 3. The van der Waals surface area contributed by atoms with Crippen molar-refractivity contribution in [1.82, 2.24) is 4.98 Å². The lowest BCUT2D eigenvalue weighted by Gasteiger charge is -2.18. The number of aromatic nitrogens is 1. The van der Waals surface area contributed by atoms with Crippen molar-refractivity contribution in [1.29, 1.82) is 0 Å². The maximum atomic E-state index is 5.96. The molecule has 1 aromatic heterocycles. The third kappa shape index (κ3) is 2.91. The van der Waals surface area contributed by atoms with E-state index < -0.39 is 0 Å². The molecule has 0 aliphatic heterocycles. The van der Waals surface area contributed by atoms with Gasteiger partial charge < -0.3 is 5.73 Å². The van der Waals surface area contributed by atoms with Gasteiger partial charge in [-0.15, -0.1) is 0 Å². The number of hydrogen-bond donors (Lipinski definition) is 1. The number of nitrogen functional groups attached to an aromatic ring is 1. The van der Waals surface area contributed by atoms with Crippen molar-refractivity contribution in [3.05, 3.63) is 36.0 Å². The molecule has 0 aliphatic carbocycles. The Bertz CT molecular complexity index is 529. The number of nitrogens with two attached hydrogens (primary N) is 1. The Morgan fingerprint density at radius 1 is 1.24 bits per heavy atom. The van der Waals surface area contributed by atoms with Crippen LogP contribution in [0.2, 0.25) is 0 Å². The Balaban J connectivity index is 2.38. The van der Waals surface area contributed by atoms with E-state index in [1.165, 1.54) is 5.56 Å². The Kier molecular flexibility index (Phi) is 3.29. The number of fused-ring (bicyclic) bond motifs is 1. The number of thioether (sulfide) groups is 1. The maximum absolute atomic E-state index is 5.96. The molecular formula is C14H18N2S. The van der Waals surface area contributed by atoms with E-state index in [0.717, 1.165) is 22.3 Å². The van der Waals surface area contributed by atoms with E-state index in [4.69, 9.17) is 5.73 Å². The van der Waals surface area contributed by atoms with Crippen LogP contribution in [0.1, 0.15) is 26.3 Å². The van der Waals surface area contributed by atoms with E-state index in [9.17, 15) is 0 Å². The first-order chi connectivity index (χ1) is 7.97. The van der Waals surface area contributed by atoms with Crippen LogP contribution in [0.4, 0.5) is 5.69 Å². The second-order valence-electron chi connectivity index (χ2n) is 5.11. The minimum absolute atomic E-state index is 0.266. The molecule has 1 heterocycles. The van der Waals surface area contributed by atoms with Crippen LogP contribution in [0.25, 0.3) is 10.9 Å². The average molecular weight is 246 g/mol. The lowest BCUT2D eigenvalue weighted by Crippen LogP contribution is -2.07. The summed E-state index contributed by atoms with van der Waals surface area (Å²) in [5.74, 6) is 0.970. The summed E-state index contributed by atoms with van der Waals surface area (Å²) in [7, 11) is 0. The highest BCUT2D eigenvalue weighted by molar-refractivity contribution is 7.99. The lowest BCUT2D eigenvalue weighted by molar-refractivity contribution is 0.802. The molecule has 90 valence electrons. The first-order valence-electron chi connectivity index (χ1n) is 5.73. The summed E-state index contributed by atoms with van der Waals surface area (Å²) in [4.78, 5) is 4.45. The van der Waals surface area contributed by atoms with Crippen molar-refractivity contribution < 1.29 is 0 Å². The van der Waals surface area contributed by atoms with Crippen molar-refractivity contribution in [3.63, 3.8) is 0 Å². The molecule has 0 spiro atoms. The van der Waals surface area contributed by atoms with Crippen molar-refractivity contribution >= 4 is 28.4 Å². The summed E-state index contributed by atoms with van der Waals surface area (Å²) < 4.78 is 0.266. The van der Waals surface area contributed by atoms with Gasteiger partial charge in [-0.2, -0.15) is 11.8 Å². The van der Waals surface area contributed by atoms with Gasteiger partial charge in [0.1, 0.15) is 0 Å². The topological polar surface area (TPSA) is 38.9 Å². The number of pyridine rings is 1. The average Bonchev–Trinajstić information content (AvgIpc) is 2.27. The number of anilines is 1. The Hall–Kier alpha value is -1.22. The summed E-state index contributed by atoms with van der Waals surface area (Å²) in [5.41, 5.74) is 9.05. The Labute approximate surface area is 107 Å². The smallest absolute Gasteiger partial charge is 0.0763 e. The van der Waals surface area contributed by atoms with Crippen LogP contribution in [0.3, 0.4) is 0 Å². The molecular weight excluding hydrogens is 228 g/mol. The van der Waals surface area contributed by atoms with E-state index in [2.05, 4.69) is 31.8 Å². The Morgan fingerprint density at radius 2 is 2.00 bits per heavy atom. The van der Waals surface area contributed by atoms with E-state index in [1.807, 2.05) is 36.2 Å². The molecule has 0 atom stereocenters. The van der Waals surface area contributed by atoms with E-state index in [-0.39, 0.29) is 4.75 Å². The molecule has 2 aromatic rings. The summed E-state index contributed by atoms with van der Waals surface area (Å²) in [6, 6.07) is 8.02. The van der Waals surface area contributed by atoms with Gasteiger partial charge in [-0.05, 0) is 23.8 Å². The minimum atomic E-state index is 0.266. The summed E-state index contributed by atoms with van der Waals surface area (Å²) in [6.07, 6.45) is 1.83. The number of rotatable bonds is 2. The van der Waals surface area contributed by atoms with Crippen LogP contribution >= 0.6 is 11.8 Å². The zero-order chi connectivity index (χ0) is 12.5. The molecule has 0 unspecified atom stereocenters. The molecule has 0 amide bonds. The monoisotopic (exact) mass is 246 g/mol. The molecule has 0 fully saturated rings. The van der Waals surface area contributed by atoms with Crippen LogP contribution in [0.15, 0.2) is 30.5 Å². The molecule has 17 heavy (non-hydrogen) atoms. The first-order valence-corrected chi connectivity index (χ1v) is 6.72. The second kappa shape index (κ2) is 4.57. The van der Waals surface area contributed by atoms with Gasteiger partial charge in [-0.3, -0.25) is 4.98 Å². The standard InChI is InChI=1S/C14H18N2S/c1-14(2,3)17-9-10-6-7-12(15)11-5-4-8-16-13(10)11/h4-8H,9,15H2,1-3H3. The summed E-state index contributed by atoms with van der Waals surface area (Å²) in [6.45, 7) is 6.68. The highest BCUT2D eigenvalue weighted by Crippen LogP contribution is 2.31. The maximum Gasteiger partial charge on any atom is 0.0763 e. The van der Waals surface area contributed by atoms with Gasteiger partial charge in [0.2, 0.25) is 0 Å². The van der Waals surface area contributed by atoms with Crippen molar-refractivity contribution in [2.75, 3.05) is 5.73 Å². The Morgan fingerprint density at radius 3 is 2.71 bits per heavy atom. The number of benzene rings is 1. The largest absolute Gasteiger partial charge is 0.398 e. The van der Waals surface area contributed by atoms with Gasteiger partial charge >= 0.3 is 0 Å². The first kappa shape index (κ1) is 12.2. The molecule has 0 saturated carbocycles. The summed E-state index contributed by atoms with van der Waals surface area (Å²) in [5, 5.41) is 1.06. The van der Waals surface area contributed by atoms with Crippen molar-refractivity contribution in [2.24, 2.45) is 0 Å². The highest BCUT2D eigenvalue weighted by Gasteiger charge is 2.12. The van der Waals surface area contributed by atoms with E-state index >= 15 is 0 Å². The number of nitrogens with zero attached hydrogens (tertiary/aromatic N) is 1. The minimum Gasteiger partial charge on any atom is -0.398 e. The van der Waals surface area contributed by atoms with E-state index in [1.54, 1.807) is 0 Å². The van der Waals surface area contributed by atoms with Gasteiger partial charge in [-0.25, -0.2) is 0 Å². The molecule has 2 N–H and O–H groups in total. The van der Waals surface area contributed by atoms with Gasteiger partial charge in [0.25, 0.3) is 0 Å². The van der Waals surface area contributed by atoms with Crippen LogP contribution in [-0.2, 0) is 5.75 Å². The third-order valence-corrected chi connectivity index (χ3v) is 3.87. The highest BCUT2D eigenvalue weighted by atomic mass is 32.2. The van der Waals surface area contributed by atoms with Gasteiger partial charge in [0, 0.05) is 27.8 Å². The molecule has 3 heteroatoms. The molecule has 0 radical (unpaired) electrons. The van der Waals surface area contributed by atoms with Crippen LogP contribution in [-0.4, -0.2) is 9.73 Å². The fourth-order valence-electron chi connectivity index (χ4n) is 1.66. The zero-order valence-corrected chi connectivity index (χ0v) is 11.3. The predicted molar refractivity (Wildman–Crippen MR) is 77.2 cm³/mol. The van der Waals surface area contributed by atoms with Crippen LogP contribution in [0, 0.1) is 0 Å². The predicted octanol–water partition coefficient (Wildman–Crippen LogP) is 3.85. The molecule has 0 aliphatic rings. The quantitative estimate of drug-likeness (QED) is 0.818. The fraction of sp³-hybridized carbons (Fsp3) is 0.357. The van der Waals surface area contributed by atoms with Gasteiger partial charge in [0.05, 0.1) is 5.52 Å². The SMILES string of the molecule is CC(C)(C)SCc1ccc(N)c2cccnc12. The van der Waals surface area contributed by atoms with Crippen LogP contribution in [0.5, 0.6) is 0 Å². The normalized spacial score (nSPS) is 11.9. The lowest BCUT2D eigenvalue weighted by atomic mass is 10.1. The summed E-state index contributed by atoms with van der Waals surface area (Å²) >= 11 is 1.93. The molecule has 2 rings (SSSR count). The fourth-order valence-corrected chi connectivity index (χ4v) is 2.49. The molecule has 2 nitrogen and oxygen atoms in total. The zero-order valence-electron chi connectivity index (χ0n) is 10.5. The van der Waals surface area contributed by atoms with Gasteiger partial charge in [0.15, 0.2) is 0 Å². The van der Waals surface area contributed by atoms with Crippen molar-refractivity contribution in [3.8, 4) is 0 Å². The van der Waals surface area contributed by atoms with Crippen LogP contribution < -0.4 is 5.73 Å². The molecule has 1 aromatic carbocycles. The van der Waals surface area contributed by atoms with Crippen molar-refractivity contribution in [2.45, 2.75) is 31.3 Å². The third-order valence-electron chi connectivity index (χ3n) is 2.55.